The average Bonchev–Trinajstić information content (AvgIpc) is 3.18. The third-order valence-electron chi connectivity index (χ3n) is 5.99. The molecule has 0 bridgehead atoms. The summed E-state index contributed by atoms with van der Waals surface area (Å²) >= 11 is 0. The molecule has 2 aliphatic rings. The zero-order chi connectivity index (χ0) is 21.8. The number of benzene rings is 2. The van der Waals surface area contributed by atoms with Gasteiger partial charge in [0.15, 0.2) is 0 Å². The molecule has 1 unspecified atom stereocenters. The van der Waals surface area contributed by atoms with Gasteiger partial charge in [0, 0.05) is 24.7 Å². The van der Waals surface area contributed by atoms with Gasteiger partial charge in [-0.15, -0.1) is 0 Å². The molecule has 0 radical (unpaired) electrons. The lowest BCUT2D eigenvalue weighted by Gasteiger charge is -2.38. The lowest BCUT2D eigenvalue weighted by molar-refractivity contribution is 0.0600. The van der Waals surface area contributed by atoms with Crippen LogP contribution in [-0.4, -0.2) is 66.7 Å². The van der Waals surface area contributed by atoms with Crippen LogP contribution < -0.4 is 0 Å². The van der Waals surface area contributed by atoms with Crippen LogP contribution in [-0.2, 0) is 15.9 Å². The first kappa shape index (κ1) is 20.9. The molecule has 31 heavy (non-hydrogen) atoms. The number of methoxy groups -OCH3 is 1. The van der Waals surface area contributed by atoms with E-state index < -0.39 is 5.97 Å². The SMILES string of the molecule is COC(=O)c1cccc(C(=O)N2CCC(N3C(=O)OCC3Cc3ccccc3)CC2)c1. The highest BCUT2D eigenvalue weighted by Crippen LogP contribution is 2.26. The van der Waals surface area contributed by atoms with E-state index >= 15 is 0 Å². The molecule has 0 aliphatic carbocycles. The molecule has 7 heteroatoms. The number of rotatable bonds is 5. The molecule has 2 saturated heterocycles. The Morgan fingerprint density at radius 3 is 2.45 bits per heavy atom. The molecule has 0 aromatic heterocycles. The topological polar surface area (TPSA) is 76.2 Å². The first-order valence-corrected chi connectivity index (χ1v) is 10.5. The van der Waals surface area contributed by atoms with Gasteiger partial charge < -0.3 is 14.4 Å². The van der Waals surface area contributed by atoms with Crippen LogP contribution in [0.5, 0.6) is 0 Å². The van der Waals surface area contributed by atoms with Crippen molar-refractivity contribution in [2.75, 3.05) is 26.8 Å². The van der Waals surface area contributed by atoms with E-state index in [2.05, 4.69) is 12.1 Å². The number of carbonyl (C=O) groups is 3. The fourth-order valence-corrected chi connectivity index (χ4v) is 4.39. The molecule has 162 valence electrons. The van der Waals surface area contributed by atoms with Gasteiger partial charge in [0.2, 0.25) is 0 Å². The lowest BCUT2D eigenvalue weighted by Crippen LogP contribution is -2.50. The molecule has 2 heterocycles. The molecular formula is C24H26N2O5. The predicted octanol–water partition coefficient (Wildman–Crippen LogP) is 3.14. The van der Waals surface area contributed by atoms with Crippen molar-refractivity contribution in [1.82, 2.24) is 9.80 Å². The van der Waals surface area contributed by atoms with Crippen molar-refractivity contribution < 1.29 is 23.9 Å². The summed E-state index contributed by atoms with van der Waals surface area (Å²) in [6.07, 6.45) is 1.88. The average molecular weight is 422 g/mol. The van der Waals surface area contributed by atoms with Gasteiger partial charge in [-0.3, -0.25) is 9.69 Å². The second kappa shape index (κ2) is 9.20. The molecule has 2 aromatic carbocycles. The standard InChI is InChI=1S/C24H26N2O5/c1-30-23(28)19-9-5-8-18(15-19)22(27)25-12-10-20(11-13-25)26-21(16-31-24(26)29)14-17-6-3-2-4-7-17/h2-9,15,20-21H,10-14,16H2,1H3. The summed E-state index contributed by atoms with van der Waals surface area (Å²) in [5.74, 6) is -0.584. The van der Waals surface area contributed by atoms with E-state index in [4.69, 9.17) is 9.47 Å². The summed E-state index contributed by atoms with van der Waals surface area (Å²) in [6, 6.07) is 16.7. The number of ether oxygens (including phenoxy) is 2. The second-order valence-electron chi connectivity index (χ2n) is 7.92. The number of piperidine rings is 1. The number of cyclic esters (lactones) is 1. The van der Waals surface area contributed by atoms with E-state index in [0.29, 0.717) is 43.7 Å². The maximum Gasteiger partial charge on any atom is 0.410 e. The van der Waals surface area contributed by atoms with E-state index in [9.17, 15) is 14.4 Å². The highest BCUT2D eigenvalue weighted by molar-refractivity contribution is 5.98. The maximum atomic E-state index is 12.9. The van der Waals surface area contributed by atoms with Crippen molar-refractivity contribution in [3.63, 3.8) is 0 Å². The molecule has 2 fully saturated rings. The van der Waals surface area contributed by atoms with Gasteiger partial charge in [0.05, 0.1) is 18.7 Å². The van der Waals surface area contributed by atoms with Gasteiger partial charge in [0.25, 0.3) is 5.91 Å². The van der Waals surface area contributed by atoms with E-state index in [-0.39, 0.29) is 24.1 Å². The number of likely N-dealkylation sites (tertiary alicyclic amines) is 1. The third kappa shape index (κ3) is 4.55. The highest BCUT2D eigenvalue weighted by Gasteiger charge is 2.39. The third-order valence-corrected chi connectivity index (χ3v) is 5.99. The van der Waals surface area contributed by atoms with E-state index in [0.717, 1.165) is 6.42 Å². The monoisotopic (exact) mass is 422 g/mol. The number of esters is 1. The molecular weight excluding hydrogens is 396 g/mol. The second-order valence-corrected chi connectivity index (χ2v) is 7.92. The summed E-state index contributed by atoms with van der Waals surface area (Å²) < 4.78 is 10.1. The van der Waals surface area contributed by atoms with Crippen molar-refractivity contribution in [2.45, 2.75) is 31.3 Å². The van der Waals surface area contributed by atoms with Gasteiger partial charge in [-0.25, -0.2) is 9.59 Å². The molecule has 2 aliphatic heterocycles. The first-order chi connectivity index (χ1) is 15.1. The minimum Gasteiger partial charge on any atom is -0.465 e. The first-order valence-electron chi connectivity index (χ1n) is 10.5. The zero-order valence-electron chi connectivity index (χ0n) is 17.5. The van der Waals surface area contributed by atoms with Crippen molar-refractivity contribution in [3.05, 3.63) is 71.3 Å². The largest absolute Gasteiger partial charge is 0.465 e. The van der Waals surface area contributed by atoms with Gasteiger partial charge in [0.1, 0.15) is 6.61 Å². The van der Waals surface area contributed by atoms with Crippen LogP contribution in [0.3, 0.4) is 0 Å². The molecule has 7 nitrogen and oxygen atoms in total. The predicted molar refractivity (Wildman–Crippen MR) is 114 cm³/mol. The molecule has 0 spiro atoms. The van der Waals surface area contributed by atoms with Crippen LogP contribution in [0.2, 0.25) is 0 Å². The van der Waals surface area contributed by atoms with E-state index in [1.54, 1.807) is 29.2 Å². The maximum absolute atomic E-state index is 12.9. The quantitative estimate of drug-likeness (QED) is 0.692. The summed E-state index contributed by atoms with van der Waals surface area (Å²) in [5.41, 5.74) is 1.99. The van der Waals surface area contributed by atoms with Crippen LogP contribution in [0.25, 0.3) is 0 Å². The minimum absolute atomic E-state index is 0.0129. The summed E-state index contributed by atoms with van der Waals surface area (Å²) in [6.45, 7) is 1.49. The number of amides is 2. The highest BCUT2D eigenvalue weighted by atomic mass is 16.6. The van der Waals surface area contributed by atoms with Gasteiger partial charge in [-0.1, -0.05) is 36.4 Å². The Kier molecular flexibility index (Phi) is 6.21. The lowest BCUT2D eigenvalue weighted by atomic mass is 9.98. The zero-order valence-corrected chi connectivity index (χ0v) is 17.5. The smallest absolute Gasteiger partial charge is 0.410 e. The molecule has 1 atom stereocenters. The van der Waals surface area contributed by atoms with Crippen molar-refractivity contribution in [2.24, 2.45) is 0 Å². The van der Waals surface area contributed by atoms with E-state index in [1.165, 1.54) is 12.7 Å². The Labute approximate surface area is 181 Å². The Bertz CT molecular complexity index is 953. The van der Waals surface area contributed by atoms with Crippen LogP contribution in [0.15, 0.2) is 54.6 Å². The summed E-state index contributed by atoms with van der Waals surface area (Å²) in [7, 11) is 1.32. The number of carbonyl (C=O) groups excluding carboxylic acids is 3. The summed E-state index contributed by atoms with van der Waals surface area (Å²) in [4.78, 5) is 40.7. The van der Waals surface area contributed by atoms with Crippen LogP contribution >= 0.6 is 0 Å². The van der Waals surface area contributed by atoms with Crippen LogP contribution in [0.4, 0.5) is 4.79 Å². The summed E-state index contributed by atoms with van der Waals surface area (Å²) in [5, 5.41) is 0. The minimum atomic E-state index is -0.467. The van der Waals surface area contributed by atoms with Gasteiger partial charge >= 0.3 is 12.1 Å². The molecule has 4 rings (SSSR count). The van der Waals surface area contributed by atoms with Crippen LogP contribution in [0, 0.1) is 0 Å². The van der Waals surface area contributed by atoms with Gasteiger partial charge in [-0.05, 0) is 43.0 Å². The Balaban J connectivity index is 1.39. The number of hydrogen-bond acceptors (Lipinski definition) is 5. The Morgan fingerprint density at radius 1 is 1.03 bits per heavy atom. The fourth-order valence-electron chi connectivity index (χ4n) is 4.39. The van der Waals surface area contributed by atoms with Crippen LogP contribution in [0.1, 0.15) is 39.1 Å². The number of hydrogen-bond donors (Lipinski definition) is 0. The molecule has 0 N–H and O–H groups in total. The van der Waals surface area contributed by atoms with Crippen molar-refractivity contribution in [1.29, 1.82) is 0 Å². The van der Waals surface area contributed by atoms with Crippen molar-refractivity contribution >= 4 is 18.0 Å². The Morgan fingerprint density at radius 2 is 1.74 bits per heavy atom. The molecule has 0 saturated carbocycles. The molecule has 2 aromatic rings. The molecule has 2 amide bonds. The van der Waals surface area contributed by atoms with Crippen molar-refractivity contribution in [3.8, 4) is 0 Å². The fraction of sp³-hybridized carbons (Fsp3) is 0.375. The van der Waals surface area contributed by atoms with Gasteiger partial charge in [-0.2, -0.15) is 0 Å². The Hall–Kier alpha value is -3.35. The van der Waals surface area contributed by atoms with E-state index in [1.807, 2.05) is 23.1 Å². The number of nitrogens with zero attached hydrogens (tertiary/aromatic N) is 2. The normalized spacial score (nSPS) is 19.3.